The van der Waals surface area contributed by atoms with Crippen molar-refractivity contribution in [1.29, 1.82) is 0 Å². The first-order chi connectivity index (χ1) is 10.5. The summed E-state index contributed by atoms with van der Waals surface area (Å²) >= 11 is 0. The third kappa shape index (κ3) is 6.04. The summed E-state index contributed by atoms with van der Waals surface area (Å²) in [4.78, 5) is 0. The molecule has 2 aliphatic rings. The van der Waals surface area contributed by atoms with E-state index in [4.69, 9.17) is 9.47 Å². The lowest BCUT2D eigenvalue weighted by molar-refractivity contribution is -0.182. The van der Waals surface area contributed by atoms with Gasteiger partial charge >= 0.3 is 0 Å². The Hall–Kier alpha value is -0.340. The molecule has 0 aliphatic heterocycles. The zero-order valence-electron chi connectivity index (χ0n) is 15.1. The minimum atomic E-state index is -0.0672. The summed E-state index contributed by atoms with van der Waals surface area (Å²) in [6.07, 6.45) is 15.4. The Morgan fingerprint density at radius 2 is 1.59 bits per heavy atom. The minimum Gasteiger partial charge on any atom is -0.350 e. The van der Waals surface area contributed by atoms with E-state index in [1.165, 1.54) is 44.9 Å². The first kappa shape index (κ1) is 18.0. The molecular weight excluding hydrogens is 272 g/mol. The molecule has 0 saturated heterocycles. The standard InChI is InChI=1S/C20H36O2/c1-15(2)14-16(3)18-10-12-20(13-11-18)22-17(4)21-19-8-6-5-7-9-19/h10,12,15-20H,5-9,11,13-14H2,1-4H3. The van der Waals surface area contributed by atoms with E-state index in [1.807, 2.05) is 0 Å². The van der Waals surface area contributed by atoms with Gasteiger partial charge in [0.2, 0.25) is 0 Å². The molecule has 2 rings (SSSR count). The van der Waals surface area contributed by atoms with E-state index in [-0.39, 0.29) is 12.4 Å². The summed E-state index contributed by atoms with van der Waals surface area (Å²) < 4.78 is 12.2. The van der Waals surface area contributed by atoms with Crippen LogP contribution in [0.5, 0.6) is 0 Å². The molecule has 2 aliphatic carbocycles. The topological polar surface area (TPSA) is 18.5 Å². The summed E-state index contributed by atoms with van der Waals surface area (Å²) in [6.45, 7) is 9.10. The molecule has 2 nitrogen and oxygen atoms in total. The zero-order valence-corrected chi connectivity index (χ0v) is 15.1. The third-order valence-electron chi connectivity index (χ3n) is 5.23. The Balaban J connectivity index is 1.70. The molecule has 0 radical (unpaired) electrons. The lowest BCUT2D eigenvalue weighted by Crippen LogP contribution is -2.29. The Bertz CT molecular complexity index is 331. The Morgan fingerprint density at radius 3 is 2.18 bits per heavy atom. The van der Waals surface area contributed by atoms with Crippen molar-refractivity contribution in [1.82, 2.24) is 0 Å². The fourth-order valence-corrected chi connectivity index (χ4v) is 4.07. The van der Waals surface area contributed by atoms with Gasteiger partial charge in [0.25, 0.3) is 0 Å². The molecule has 0 aromatic heterocycles. The highest BCUT2D eigenvalue weighted by atomic mass is 16.7. The van der Waals surface area contributed by atoms with Crippen molar-refractivity contribution in [3.05, 3.63) is 12.2 Å². The molecule has 1 saturated carbocycles. The van der Waals surface area contributed by atoms with Crippen LogP contribution in [0.15, 0.2) is 12.2 Å². The molecule has 0 aromatic carbocycles. The van der Waals surface area contributed by atoms with Crippen LogP contribution in [0.2, 0.25) is 0 Å². The smallest absolute Gasteiger partial charge is 0.155 e. The summed E-state index contributed by atoms with van der Waals surface area (Å²) in [5.74, 6) is 2.31. The van der Waals surface area contributed by atoms with Crippen LogP contribution in [0.4, 0.5) is 0 Å². The van der Waals surface area contributed by atoms with Crippen molar-refractivity contribution in [2.45, 2.75) is 97.6 Å². The Labute approximate surface area is 137 Å². The summed E-state index contributed by atoms with van der Waals surface area (Å²) in [6, 6.07) is 0. The van der Waals surface area contributed by atoms with Crippen LogP contribution >= 0.6 is 0 Å². The molecule has 0 spiro atoms. The highest BCUT2D eigenvalue weighted by molar-refractivity contribution is 5.00. The predicted octanol–water partition coefficient (Wildman–Crippen LogP) is 5.72. The Morgan fingerprint density at radius 1 is 0.864 bits per heavy atom. The van der Waals surface area contributed by atoms with Crippen molar-refractivity contribution in [3.8, 4) is 0 Å². The average Bonchev–Trinajstić information content (AvgIpc) is 2.48. The fourth-order valence-electron chi connectivity index (χ4n) is 4.07. The first-order valence-electron chi connectivity index (χ1n) is 9.54. The fraction of sp³-hybridized carbons (Fsp3) is 0.900. The largest absolute Gasteiger partial charge is 0.350 e. The number of hydrogen-bond donors (Lipinski definition) is 0. The number of rotatable bonds is 7. The summed E-state index contributed by atoms with van der Waals surface area (Å²) in [5.41, 5.74) is 0. The van der Waals surface area contributed by atoms with E-state index in [0.29, 0.717) is 6.10 Å². The lowest BCUT2D eigenvalue weighted by atomic mass is 9.81. The molecule has 1 fully saturated rings. The van der Waals surface area contributed by atoms with E-state index in [0.717, 1.165) is 24.2 Å². The minimum absolute atomic E-state index is 0.0672. The molecule has 22 heavy (non-hydrogen) atoms. The molecule has 4 atom stereocenters. The maximum Gasteiger partial charge on any atom is 0.155 e. The lowest BCUT2D eigenvalue weighted by Gasteiger charge is -2.31. The highest BCUT2D eigenvalue weighted by Gasteiger charge is 2.24. The molecular formula is C20H36O2. The van der Waals surface area contributed by atoms with Crippen molar-refractivity contribution in [3.63, 3.8) is 0 Å². The van der Waals surface area contributed by atoms with Crippen molar-refractivity contribution < 1.29 is 9.47 Å². The normalized spacial score (nSPS) is 29.7. The van der Waals surface area contributed by atoms with Gasteiger partial charge in [0.15, 0.2) is 6.29 Å². The van der Waals surface area contributed by atoms with Crippen molar-refractivity contribution in [2.75, 3.05) is 0 Å². The van der Waals surface area contributed by atoms with E-state index in [1.54, 1.807) is 0 Å². The molecule has 0 heterocycles. The van der Waals surface area contributed by atoms with Gasteiger partial charge in [-0.2, -0.15) is 0 Å². The average molecular weight is 309 g/mol. The molecule has 2 heteroatoms. The van der Waals surface area contributed by atoms with E-state index in [2.05, 4.69) is 39.8 Å². The molecule has 0 aromatic rings. The van der Waals surface area contributed by atoms with Gasteiger partial charge in [-0.1, -0.05) is 52.2 Å². The Kier molecular flexibility index (Phi) is 7.43. The molecule has 0 N–H and O–H groups in total. The quantitative estimate of drug-likeness (QED) is 0.442. The van der Waals surface area contributed by atoms with Gasteiger partial charge in [-0.25, -0.2) is 0 Å². The van der Waals surface area contributed by atoms with Crippen LogP contribution in [-0.4, -0.2) is 18.5 Å². The molecule has 0 amide bonds. The second-order valence-electron chi connectivity index (χ2n) is 7.87. The van der Waals surface area contributed by atoms with E-state index >= 15 is 0 Å². The van der Waals surface area contributed by atoms with E-state index < -0.39 is 0 Å². The molecule has 128 valence electrons. The third-order valence-corrected chi connectivity index (χ3v) is 5.23. The van der Waals surface area contributed by atoms with E-state index in [9.17, 15) is 0 Å². The first-order valence-corrected chi connectivity index (χ1v) is 9.54. The van der Waals surface area contributed by atoms with Gasteiger partial charge in [0.05, 0.1) is 12.2 Å². The number of hydrogen-bond acceptors (Lipinski definition) is 2. The van der Waals surface area contributed by atoms with Gasteiger partial charge in [-0.3, -0.25) is 0 Å². The van der Waals surface area contributed by atoms with Gasteiger partial charge < -0.3 is 9.47 Å². The van der Waals surface area contributed by atoms with Crippen molar-refractivity contribution >= 4 is 0 Å². The van der Waals surface area contributed by atoms with Crippen molar-refractivity contribution in [2.24, 2.45) is 17.8 Å². The van der Waals surface area contributed by atoms with Crippen LogP contribution in [0.3, 0.4) is 0 Å². The van der Waals surface area contributed by atoms with Gasteiger partial charge in [0.1, 0.15) is 0 Å². The van der Waals surface area contributed by atoms with Crippen LogP contribution in [-0.2, 0) is 9.47 Å². The number of allylic oxidation sites excluding steroid dienone is 1. The molecule has 0 bridgehead atoms. The van der Waals surface area contributed by atoms with Crippen LogP contribution in [0.1, 0.15) is 79.1 Å². The van der Waals surface area contributed by atoms with Crippen LogP contribution < -0.4 is 0 Å². The van der Waals surface area contributed by atoms with Gasteiger partial charge in [0, 0.05) is 0 Å². The predicted molar refractivity (Wildman–Crippen MR) is 92.8 cm³/mol. The van der Waals surface area contributed by atoms with Crippen LogP contribution in [0.25, 0.3) is 0 Å². The maximum absolute atomic E-state index is 6.09. The SMILES string of the molecule is CC(C)CC(C)C1C=CC(OC(C)OC2CCCCC2)CC1. The second-order valence-corrected chi connectivity index (χ2v) is 7.87. The highest BCUT2D eigenvalue weighted by Crippen LogP contribution is 2.30. The summed E-state index contributed by atoms with van der Waals surface area (Å²) in [7, 11) is 0. The monoisotopic (exact) mass is 308 g/mol. The summed E-state index contributed by atoms with van der Waals surface area (Å²) in [5, 5.41) is 0. The van der Waals surface area contributed by atoms with Gasteiger partial charge in [-0.05, 0) is 56.8 Å². The van der Waals surface area contributed by atoms with Gasteiger partial charge in [-0.15, -0.1) is 0 Å². The zero-order chi connectivity index (χ0) is 15.9. The molecule has 4 unspecified atom stereocenters. The second kappa shape index (κ2) is 9.08. The number of ether oxygens (including phenoxy) is 2. The van der Waals surface area contributed by atoms with Crippen LogP contribution in [0, 0.1) is 17.8 Å². The maximum atomic E-state index is 6.09.